The largest absolute Gasteiger partial charge is 0.382 e. The lowest BCUT2D eigenvalue weighted by Crippen LogP contribution is -2.64. The molecule has 0 saturated carbocycles. The van der Waals surface area contributed by atoms with Crippen molar-refractivity contribution in [3.05, 3.63) is 29.7 Å². The summed E-state index contributed by atoms with van der Waals surface area (Å²) in [6.45, 7) is 11.2. The zero-order valence-corrected chi connectivity index (χ0v) is 20.7. The first-order valence-corrected chi connectivity index (χ1v) is 11.9. The predicted molar refractivity (Wildman–Crippen MR) is 129 cm³/mol. The molecular weight excluding hydrogens is 439 g/mol. The highest BCUT2D eigenvalue weighted by molar-refractivity contribution is 6.14. The summed E-state index contributed by atoms with van der Waals surface area (Å²) in [6.07, 6.45) is 1.38. The Bertz CT molecular complexity index is 1080. The molecule has 0 bridgehead atoms. The Labute approximate surface area is 199 Å². The maximum atomic E-state index is 14.1. The quantitative estimate of drug-likeness (QED) is 0.515. The summed E-state index contributed by atoms with van der Waals surface area (Å²) in [4.78, 5) is 40.8. The molecule has 1 aliphatic rings. The molecule has 3 amide bonds. The molecule has 1 aromatic heterocycles. The van der Waals surface area contributed by atoms with Crippen LogP contribution < -0.4 is 10.6 Å². The van der Waals surface area contributed by atoms with E-state index in [1.807, 2.05) is 6.92 Å². The van der Waals surface area contributed by atoms with E-state index in [1.165, 1.54) is 19.1 Å². The second-order valence-electron chi connectivity index (χ2n) is 9.37. The molecule has 0 fully saturated rings. The summed E-state index contributed by atoms with van der Waals surface area (Å²) >= 11 is 0. The van der Waals surface area contributed by atoms with Gasteiger partial charge < -0.3 is 24.8 Å². The molecule has 0 aliphatic carbocycles. The van der Waals surface area contributed by atoms with E-state index in [-0.39, 0.29) is 35.6 Å². The van der Waals surface area contributed by atoms with Crippen molar-refractivity contribution < 1.29 is 23.5 Å². The Morgan fingerprint density at radius 3 is 2.68 bits per heavy atom. The van der Waals surface area contributed by atoms with Crippen LogP contribution >= 0.6 is 0 Å². The third kappa shape index (κ3) is 5.09. The topological polar surface area (TPSA) is 92.7 Å². The summed E-state index contributed by atoms with van der Waals surface area (Å²) in [6, 6.07) is 4.19. The van der Waals surface area contributed by atoms with Crippen LogP contribution in [0.2, 0.25) is 0 Å². The maximum Gasteiger partial charge on any atom is 0.273 e. The van der Waals surface area contributed by atoms with Gasteiger partial charge in [-0.25, -0.2) is 4.39 Å². The van der Waals surface area contributed by atoms with Crippen LogP contribution in [-0.2, 0) is 20.9 Å². The van der Waals surface area contributed by atoms with Crippen molar-refractivity contribution in [1.29, 1.82) is 0 Å². The molecule has 8 nitrogen and oxygen atoms in total. The monoisotopic (exact) mass is 474 g/mol. The Hall–Kier alpha value is -2.94. The second kappa shape index (κ2) is 10.5. The number of aromatic nitrogens is 1. The lowest BCUT2D eigenvalue weighted by molar-refractivity contribution is -0.133. The molecule has 9 heteroatoms. The van der Waals surface area contributed by atoms with E-state index in [4.69, 9.17) is 4.74 Å². The van der Waals surface area contributed by atoms with Gasteiger partial charge >= 0.3 is 0 Å². The van der Waals surface area contributed by atoms with Gasteiger partial charge in [0.1, 0.15) is 17.1 Å². The lowest BCUT2D eigenvalue weighted by atomic mass is 9.94. The minimum Gasteiger partial charge on any atom is -0.382 e. The number of anilines is 1. The van der Waals surface area contributed by atoms with Crippen LogP contribution in [-0.4, -0.2) is 59.0 Å². The van der Waals surface area contributed by atoms with Gasteiger partial charge in [-0.1, -0.05) is 13.8 Å². The highest BCUT2D eigenvalue weighted by atomic mass is 19.1. The Morgan fingerprint density at radius 1 is 1.29 bits per heavy atom. The number of carbonyl (C=O) groups is 3. The number of ether oxygens (including phenoxy) is 1. The van der Waals surface area contributed by atoms with Crippen LogP contribution in [0.15, 0.2) is 18.2 Å². The van der Waals surface area contributed by atoms with Crippen LogP contribution in [0.5, 0.6) is 0 Å². The van der Waals surface area contributed by atoms with E-state index >= 15 is 0 Å². The third-order valence-electron chi connectivity index (χ3n) is 6.21. The molecule has 34 heavy (non-hydrogen) atoms. The van der Waals surface area contributed by atoms with Crippen molar-refractivity contribution in [2.24, 2.45) is 5.92 Å². The third-order valence-corrected chi connectivity index (χ3v) is 6.21. The summed E-state index contributed by atoms with van der Waals surface area (Å²) in [5.74, 6) is -1.04. The first kappa shape index (κ1) is 25.7. The van der Waals surface area contributed by atoms with Crippen molar-refractivity contribution >= 4 is 34.3 Å². The van der Waals surface area contributed by atoms with Gasteiger partial charge in [-0.15, -0.1) is 0 Å². The number of benzene rings is 1. The average molecular weight is 475 g/mol. The van der Waals surface area contributed by atoms with Gasteiger partial charge in [-0.05, 0) is 50.8 Å². The SMILES string of the molecule is CCOCCCN1C(=O)c2c(NC(C)=O)c3cc(F)ccc3n2C[C@]1(C)C(=O)NCCC(C)C. The highest BCUT2D eigenvalue weighted by Gasteiger charge is 2.48. The predicted octanol–water partition coefficient (Wildman–Crippen LogP) is 3.54. The summed E-state index contributed by atoms with van der Waals surface area (Å²) in [5, 5.41) is 6.14. The number of carbonyl (C=O) groups excluding carboxylic acids is 3. The van der Waals surface area contributed by atoms with E-state index in [2.05, 4.69) is 24.5 Å². The van der Waals surface area contributed by atoms with Gasteiger partial charge in [0.05, 0.1) is 17.7 Å². The van der Waals surface area contributed by atoms with Gasteiger partial charge in [0.25, 0.3) is 5.91 Å². The minimum atomic E-state index is -1.17. The number of nitrogens with zero attached hydrogens (tertiary/aromatic N) is 2. The molecule has 0 unspecified atom stereocenters. The molecule has 2 N–H and O–H groups in total. The van der Waals surface area contributed by atoms with Gasteiger partial charge in [-0.2, -0.15) is 0 Å². The molecule has 0 spiro atoms. The first-order valence-electron chi connectivity index (χ1n) is 11.9. The van der Waals surface area contributed by atoms with Crippen molar-refractivity contribution in [3.8, 4) is 0 Å². The molecule has 186 valence electrons. The molecule has 0 saturated heterocycles. The smallest absolute Gasteiger partial charge is 0.273 e. The second-order valence-corrected chi connectivity index (χ2v) is 9.37. The van der Waals surface area contributed by atoms with Crippen molar-refractivity contribution in [3.63, 3.8) is 0 Å². The van der Waals surface area contributed by atoms with Crippen molar-refractivity contribution in [2.75, 3.05) is 31.6 Å². The molecule has 2 aromatic rings. The van der Waals surface area contributed by atoms with Crippen LogP contribution in [0.1, 0.15) is 57.9 Å². The van der Waals surface area contributed by atoms with Gasteiger partial charge in [0, 0.05) is 38.6 Å². The van der Waals surface area contributed by atoms with Gasteiger partial charge in [0.2, 0.25) is 11.8 Å². The normalized spacial score (nSPS) is 17.9. The number of halogens is 1. The Morgan fingerprint density at radius 2 is 2.03 bits per heavy atom. The van der Waals surface area contributed by atoms with E-state index in [1.54, 1.807) is 22.5 Å². The number of fused-ring (bicyclic) bond motifs is 3. The Balaban J connectivity index is 2.09. The number of amides is 3. The first-order chi connectivity index (χ1) is 16.1. The summed E-state index contributed by atoms with van der Waals surface area (Å²) in [5.41, 5.74) is -0.0615. The Kier molecular flexibility index (Phi) is 7.97. The van der Waals surface area contributed by atoms with Crippen LogP contribution in [0, 0.1) is 11.7 Å². The summed E-state index contributed by atoms with van der Waals surface area (Å²) < 4.78 is 21.3. The van der Waals surface area contributed by atoms with E-state index in [0.717, 1.165) is 6.42 Å². The van der Waals surface area contributed by atoms with Crippen LogP contribution in [0.3, 0.4) is 0 Å². The van der Waals surface area contributed by atoms with Crippen LogP contribution in [0.4, 0.5) is 10.1 Å². The lowest BCUT2D eigenvalue weighted by Gasteiger charge is -2.44. The standard InChI is InChI=1S/C25H35FN4O4/c1-6-34-13-7-12-30-23(32)22-21(28-17(4)31)19-14-18(26)8-9-20(19)29(22)15-25(30,5)24(33)27-11-10-16(2)3/h8-9,14,16H,6-7,10-13,15H2,1-5H3,(H,27,33)(H,28,31)/t25-/m1/s1. The zero-order valence-electron chi connectivity index (χ0n) is 20.7. The van der Waals surface area contributed by atoms with Crippen LogP contribution in [0.25, 0.3) is 10.9 Å². The molecule has 1 aliphatic heterocycles. The van der Waals surface area contributed by atoms with Crippen molar-refractivity contribution in [2.45, 2.75) is 59.5 Å². The van der Waals surface area contributed by atoms with E-state index < -0.39 is 11.4 Å². The fraction of sp³-hybridized carbons (Fsp3) is 0.560. The fourth-order valence-electron chi connectivity index (χ4n) is 4.44. The van der Waals surface area contributed by atoms with E-state index in [0.29, 0.717) is 49.5 Å². The highest BCUT2D eigenvalue weighted by Crippen LogP contribution is 2.39. The maximum absolute atomic E-state index is 14.1. The molecule has 1 aromatic carbocycles. The fourth-order valence-corrected chi connectivity index (χ4v) is 4.44. The number of hydrogen-bond acceptors (Lipinski definition) is 4. The summed E-state index contributed by atoms with van der Waals surface area (Å²) in [7, 11) is 0. The van der Waals surface area contributed by atoms with Crippen molar-refractivity contribution in [1.82, 2.24) is 14.8 Å². The van der Waals surface area contributed by atoms with Gasteiger partial charge in [-0.3, -0.25) is 14.4 Å². The number of hydrogen-bond donors (Lipinski definition) is 2. The molecular formula is C25H35FN4O4. The number of rotatable bonds is 10. The molecule has 3 rings (SSSR count). The minimum absolute atomic E-state index is 0.179. The van der Waals surface area contributed by atoms with Gasteiger partial charge in [0.15, 0.2) is 0 Å². The average Bonchev–Trinajstić information content (AvgIpc) is 3.04. The molecule has 1 atom stereocenters. The zero-order chi connectivity index (χ0) is 25.0. The molecule has 0 radical (unpaired) electrons. The van der Waals surface area contributed by atoms with E-state index in [9.17, 15) is 18.8 Å². The number of nitrogens with one attached hydrogen (secondary N) is 2. The molecule has 2 heterocycles.